The lowest BCUT2D eigenvalue weighted by Gasteiger charge is -2.12. The molecule has 0 aliphatic carbocycles. The van der Waals surface area contributed by atoms with Gasteiger partial charge in [0, 0.05) is 33.7 Å². The van der Waals surface area contributed by atoms with Crippen molar-refractivity contribution in [2.45, 2.75) is 0 Å². The van der Waals surface area contributed by atoms with Gasteiger partial charge in [0.25, 0.3) is 0 Å². The van der Waals surface area contributed by atoms with Crippen molar-refractivity contribution in [3.8, 4) is 62.2 Å². The minimum Gasteiger partial charge on any atom is -0.294 e. The number of pyridine rings is 1. The van der Waals surface area contributed by atoms with Crippen LogP contribution in [0.25, 0.3) is 94.8 Å². The van der Waals surface area contributed by atoms with Crippen LogP contribution in [0, 0.1) is 0 Å². The van der Waals surface area contributed by atoms with Crippen molar-refractivity contribution in [3.63, 3.8) is 0 Å². The van der Waals surface area contributed by atoms with E-state index in [2.05, 4.69) is 168 Å². The smallest absolute Gasteiger partial charge is 0.164 e. The Balaban J connectivity index is 1.16. The standard InChI is InChI=1S/C48H31N5/c1-3-13-32(14-4-1)35-18-11-20-37(29-35)46-50-47(38-21-12-19-36(30-38)33-15-5-2-6-16-33)52-48(51-46)39-27-28-49-44(31-39)53-42-24-10-9-23-41(42)45-40-22-8-7-17-34(40)25-26-43(45)53/h1-31H. The number of aromatic nitrogens is 5. The number of nitrogens with zero attached hydrogens (tertiary/aromatic N) is 5. The average Bonchev–Trinajstić information content (AvgIpc) is 3.59. The van der Waals surface area contributed by atoms with Gasteiger partial charge in [0.2, 0.25) is 0 Å². The highest BCUT2D eigenvalue weighted by molar-refractivity contribution is 6.21. The SMILES string of the molecule is c1ccc(-c2cccc(-c3nc(-c4cccc(-c5ccccc5)c4)nc(-c4ccnc(-n5c6ccccc6c6c7ccccc7ccc65)c4)n3)c2)cc1. The predicted molar refractivity (Wildman–Crippen MR) is 217 cm³/mol. The normalized spacial score (nSPS) is 11.4. The molecule has 5 heteroatoms. The summed E-state index contributed by atoms with van der Waals surface area (Å²) < 4.78 is 2.25. The van der Waals surface area contributed by atoms with Crippen molar-refractivity contribution in [2.75, 3.05) is 0 Å². The second-order valence-electron chi connectivity index (χ2n) is 13.1. The fraction of sp³-hybridized carbons (Fsp3) is 0. The molecular formula is C48H31N5. The van der Waals surface area contributed by atoms with Gasteiger partial charge < -0.3 is 0 Å². The Kier molecular flexibility index (Phi) is 7.40. The first kappa shape index (κ1) is 30.6. The van der Waals surface area contributed by atoms with Gasteiger partial charge in [-0.3, -0.25) is 4.57 Å². The minimum atomic E-state index is 0.579. The summed E-state index contributed by atoms with van der Waals surface area (Å²) in [5, 5.41) is 4.83. The molecule has 7 aromatic carbocycles. The van der Waals surface area contributed by atoms with E-state index in [9.17, 15) is 0 Å². The molecule has 53 heavy (non-hydrogen) atoms. The molecule has 0 N–H and O–H groups in total. The zero-order valence-electron chi connectivity index (χ0n) is 28.6. The number of benzene rings is 7. The van der Waals surface area contributed by atoms with Gasteiger partial charge in [-0.05, 0) is 69.4 Å². The fourth-order valence-corrected chi connectivity index (χ4v) is 7.37. The van der Waals surface area contributed by atoms with Crippen molar-refractivity contribution in [1.82, 2.24) is 24.5 Å². The van der Waals surface area contributed by atoms with Crippen LogP contribution in [0.1, 0.15) is 0 Å². The lowest BCUT2D eigenvalue weighted by molar-refractivity contribution is 1.05. The summed E-state index contributed by atoms with van der Waals surface area (Å²) in [4.78, 5) is 20.3. The molecule has 3 heterocycles. The third-order valence-corrected chi connectivity index (χ3v) is 9.89. The maximum Gasteiger partial charge on any atom is 0.164 e. The van der Waals surface area contributed by atoms with E-state index in [4.69, 9.17) is 19.9 Å². The third kappa shape index (κ3) is 5.52. The Bertz CT molecular complexity index is 2850. The van der Waals surface area contributed by atoms with Crippen molar-refractivity contribution < 1.29 is 0 Å². The molecule has 0 amide bonds. The number of hydrogen-bond donors (Lipinski definition) is 0. The van der Waals surface area contributed by atoms with Crippen LogP contribution in [0.4, 0.5) is 0 Å². The van der Waals surface area contributed by atoms with E-state index in [1.807, 2.05) is 24.4 Å². The van der Waals surface area contributed by atoms with Crippen molar-refractivity contribution in [1.29, 1.82) is 0 Å². The van der Waals surface area contributed by atoms with Crippen molar-refractivity contribution >= 4 is 32.6 Å². The van der Waals surface area contributed by atoms with E-state index in [0.29, 0.717) is 17.5 Å². The molecule has 10 rings (SSSR count). The highest BCUT2D eigenvalue weighted by atomic mass is 15.1. The predicted octanol–water partition coefficient (Wildman–Crippen LogP) is 11.9. The van der Waals surface area contributed by atoms with Gasteiger partial charge in [0.1, 0.15) is 5.82 Å². The summed E-state index contributed by atoms with van der Waals surface area (Å²) in [6.07, 6.45) is 1.85. The van der Waals surface area contributed by atoms with E-state index in [0.717, 1.165) is 55.8 Å². The molecule has 3 aromatic heterocycles. The summed E-state index contributed by atoms with van der Waals surface area (Å²) in [6.45, 7) is 0. The van der Waals surface area contributed by atoms with Crippen LogP contribution in [0.3, 0.4) is 0 Å². The summed E-state index contributed by atoms with van der Waals surface area (Å²) in [6, 6.07) is 63.1. The van der Waals surface area contributed by atoms with Crippen LogP contribution in [-0.2, 0) is 0 Å². The van der Waals surface area contributed by atoms with Gasteiger partial charge in [-0.2, -0.15) is 0 Å². The second-order valence-corrected chi connectivity index (χ2v) is 13.1. The molecule has 0 saturated carbocycles. The van der Waals surface area contributed by atoms with Gasteiger partial charge in [-0.1, -0.05) is 146 Å². The molecule has 0 bridgehead atoms. The fourth-order valence-electron chi connectivity index (χ4n) is 7.37. The molecule has 0 saturated heterocycles. The summed E-state index contributed by atoms with van der Waals surface area (Å²) >= 11 is 0. The van der Waals surface area contributed by atoms with E-state index in [1.54, 1.807) is 0 Å². The van der Waals surface area contributed by atoms with E-state index >= 15 is 0 Å². The molecule has 0 aliphatic heterocycles. The Labute approximate surface area is 306 Å². The summed E-state index contributed by atoms with van der Waals surface area (Å²) in [7, 11) is 0. The Hall–Kier alpha value is -7.24. The maximum atomic E-state index is 5.14. The molecule has 0 aliphatic rings. The van der Waals surface area contributed by atoms with Gasteiger partial charge in [-0.25, -0.2) is 19.9 Å². The largest absolute Gasteiger partial charge is 0.294 e. The molecule has 0 unspecified atom stereocenters. The van der Waals surface area contributed by atoms with Gasteiger partial charge >= 0.3 is 0 Å². The molecule has 10 aromatic rings. The first-order valence-electron chi connectivity index (χ1n) is 17.7. The number of para-hydroxylation sites is 1. The zero-order valence-corrected chi connectivity index (χ0v) is 28.6. The molecule has 0 spiro atoms. The van der Waals surface area contributed by atoms with Gasteiger partial charge in [-0.15, -0.1) is 0 Å². The molecule has 0 fully saturated rings. The lowest BCUT2D eigenvalue weighted by atomic mass is 10.0. The molecule has 5 nitrogen and oxygen atoms in total. The number of fused-ring (bicyclic) bond motifs is 5. The quantitative estimate of drug-likeness (QED) is 0.176. The van der Waals surface area contributed by atoms with E-state index in [-0.39, 0.29) is 0 Å². The molecular weight excluding hydrogens is 647 g/mol. The summed E-state index contributed by atoms with van der Waals surface area (Å²) in [5.74, 6) is 2.59. The van der Waals surface area contributed by atoms with Crippen molar-refractivity contribution in [3.05, 3.63) is 188 Å². The van der Waals surface area contributed by atoms with E-state index in [1.165, 1.54) is 21.5 Å². The monoisotopic (exact) mass is 677 g/mol. The Morgan fingerprint density at radius 1 is 0.340 bits per heavy atom. The van der Waals surface area contributed by atoms with Gasteiger partial charge in [0.15, 0.2) is 17.5 Å². The molecule has 0 radical (unpaired) electrons. The molecule has 0 atom stereocenters. The lowest BCUT2D eigenvalue weighted by Crippen LogP contribution is -2.02. The first-order chi connectivity index (χ1) is 26.3. The topological polar surface area (TPSA) is 56.5 Å². The Morgan fingerprint density at radius 3 is 1.49 bits per heavy atom. The van der Waals surface area contributed by atoms with Crippen LogP contribution in [0.5, 0.6) is 0 Å². The van der Waals surface area contributed by atoms with Crippen LogP contribution in [0.15, 0.2) is 188 Å². The zero-order chi connectivity index (χ0) is 35.1. The van der Waals surface area contributed by atoms with Crippen LogP contribution >= 0.6 is 0 Å². The minimum absolute atomic E-state index is 0.579. The van der Waals surface area contributed by atoms with E-state index < -0.39 is 0 Å². The Morgan fingerprint density at radius 2 is 0.849 bits per heavy atom. The summed E-state index contributed by atoms with van der Waals surface area (Å²) in [5.41, 5.74) is 9.35. The van der Waals surface area contributed by atoms with Crippen LogP contribution in [-0.4, -0.2) is 24.5 Å². The van der Waals surface area contributed by atoms with Crippen LogP contribution in [0.2, 0.25) is 0 Å². The number of hydrogen-bond acceptors (Lipinski definition) is 4. The number of rotatable bonds is 6. The first-order valence-corrected chi connectivity index (χ1v) is 17.7. The van der Waals surface area contributed by atoms with Crippen LogP contribution < -0.4 is 0 Å². The van der Waals surface area contributed by atoms with Crippen molar-refractivity contribution in [2.24, 2.45) is 0 Å². The third-order valence-electron chi connectivity index (χ3n) is 9.89. The second kappa shape index (κ2) is 12.8. The highest BCUT2D eigenvalue weighted by Gasteiger charge is 2.18. The van der Waals surface area contributed by atoms with Gasteiger partial charge in [0.05, 0.1) is 11.0 Å². The molecule has 248 valence electrons. The average molecular weight is 678 g/mol. The highest BCUT2D eigenvalue weighted by Crippen LogP contribution is 2.37. The maximum absolute atomic E-state index is 5.14.